The first-order valence-electron chi connectivity index (χ1n) is 13.5. The third-order valence-electron chi connectivity index (χ3n) is 7.19. The van der Waals surface area contributed by atoms with Crippen LogP contribution in [0, 0.1) is 13.8 Å². The van der Waals surface area contributed by atoms with E-state index in [4.69, 9.17) is 4.74 Å². The van der Waals surface area contributed by atoms with Crippen molar-refractivity contribution < 1.29 is 14.3 Å². The summed E-state index contributed by atoms with van der Waals surface area (Å²) in [7, 11) is 0. The predicted octanol–water partition coefficient (Wildman–Crippen LogP) is 6.53. The molecule has 0 bridgehead atoms. The fourth-order valence-electron chi connectivity index (χ4n) is 4.92. The second-order valence-electron chi connectivity index (χ2n) is 10.3. The monoisotopic (exact) mass is 576 g/mol. The zero-order valence-corrected chi connectivity index (χ0v) is 23.9. The average Bonchev–Trinajstić information content (AvgIpc) is 2.93. The molecule has 200 valence electrons. The van der Waals surface area contributed by atoms with Crippen LogP contribution in [0.5, 0.6) is 5.75 Å². The van der Waals surface area contributed by atoms with Crippen LogP contribution >= 0.6 is 15.9 Å². The fourth-order valence-corrected chi connectivity index (χ4v) is 5.17. The number of ether oxygens (including phenoxy) is 1. The van der Waals surface area contributed by atoms with Crippen LogP contribution in [0.25, 0.3) is 0 Å². The molecule has 0 spiro atoms. The van der Waals surface area contributed by atoms with Crippen molar-refractivity contribution in [1.29, 1.82) is 0 Å². The van der Waals surface area contributed by atoms with E-state index in [-0.39, 0.29) is 24.5 Å². The number of aryl methyl sites for hydroxylation is 2. The van der Waals surface area contributed by atoms with E-state index in [1.165, 1.54) is 6.42 Å². The largest absolute Gasteiger partial charge is 0.484 e. The summed E-state index contributed by atoms with van der Waals surface area (Å²) in [5.74, 6) is 0.312. The van der Waals surface area contributed by atoms with Crippen molar-refractivity contribution in [3.63, 3.8) is 0 Å². The van der Waals surface area contributed by atoms with Gasteiger partial charge in [0.2, 0.25) is 5.91 Å². The van der Waals surface area contributed by atoms with Crippen LogP contribution in [0.4, 0.5) is 0 Å². The SMILES string of the molecule is Cc1ccc(CN(C(=O)COc2ccc(Br)c(C)c2)[C@H](Cc2ccccc2)C(=O)NC2CCCCC2)cc1. The number of hydrogen-bond acceptors (Lipinski definition) is 3. The summed E-state index contributed by atoms with van der Waals surface area (Å²) in [6.07, 6.45) is 5.88. The molecule has 5 nitrogen and oxygen atoms in total. The smallest absolute Gasteiger partial charge is 0.261 e. The third kappa shape index (κ3) is 7.94. The Morgan fingerprint density at radius 2 is 1.66 bits per heavy atom. The Hall–Kier alpha value is -3.12. The van der Waals surface area contributed by atoms with Crippen molar-refractivity contribution in [1.82, 2.24) is 10.2 Å². The molecule has 38 heavy (non-hydrogen) atoms. The first-order valence-corrected chi connectivity index (χ1v) is 14.3. The van der Waals surface area contributed by atoms with E-state index in [0.717, 1.165) is 52.4 Å². The molecule has 1 atom stereocenters. The first kappa shape index (κ1) is 27.9. The Labute approximate surface area is 234 Å². The molecular weight excluding hydrogens is 540 g/mol. The lowest BCUT2D eigenvalue weighted by Gasteiger charge is -2.33. The summed E-state index contributed by atoms with van der Waals surface area (Å²) in [6, 6.07) is 23.2. The minimum Gasteiger partial charge on any atom is -0.484 e. The van der Waals surface area contributed by atoms with Crippen LogP contribution in [0.2, 0.25) is 0 Å². The maximum absolute atomic E-state index is 13.8. The highest BCUT2D eigenvalue weighted by atomic mass is 79.9. The molecule has 4 rings (SSSR count). The topological polar surface area (TPSA) is 58.6 Å². The van der Waals surface area contributed by atoms with Gasteiger partial charge in [-0.15, -0.1) is 0 Å². The molecule has 1 fully saturated rings. The molecule has 1 N–H and O–H groups in total. The molecule has 2 amide bonds. The van der Waals surface area contributed by atoms with Gasteiger partial charge < -0.3 is 15.0 Å². The van der Waals surface area contributed by atoms with Gasteiger partial charge in [0.1, 0.15) is 11.8 Å². The Morgan fingerprint density at radius 3 is 2.34 bits per heavy atom. The summed E-state index contributed by atoms with van der Waals surface area (Å²) >= 11 is 3.51. The number of amides is 2. The molecule has 1 aliphatic rings. The van der Waals surface area contributed by atoms with Gasteiger partial charge in [-0.3, -0.25) is 9.59 Å². The highest BCUT2D eigenvalue weighted by molar-refractivity contribution is 9.10. The third-order valence-corrected chi connectivity index (χ3v) is 8.08. The Bertz CT molecular complexity index is 1210. The van der Waals surface area contributed by atoms with Crippen LogP contribution in [0.1, 0.15) is 54.4 Å². The molecule has 6 heteroatoms. The number of halogens is 1. The maximum atomic E-state index is 13.8. The Kier molecular flexibility index (Phi) is 9.99. The lowest BCUT2D eigenvalue weighted by atomic mass is 9.94. The number of carbonyl (C=O) groups is 2. The minimum atomic E-state index is -0.650. The molecule has 3 aromatic carbocycles. The lowest BCUT2D eigenvalue weighted by molar-refractivity contribution is -0.143. The number of carbonyl (C=O) groups excluding carboxylic acids is 2. The van der Waals surface area contributed by atoms with Crippen LogP contribution < -0.4 is 10.1 Å². The Morgan fingerprint density at radius 1 is 0.947 bits per heavy atom. The molecule has 1 saturated carbocycles. The molecule has 0 saturated heterocycles. The van der Waals surface area contributed by atoms with Crippen LogP contribution in [-0.4, -0.2) is 35.4 Å². The van der Waals surface area contributed by atoms with Gasteiger partial charge in [-0.05, 0) is 61.6 Å². The second-order valence-corrected chi connectivity index (χ2v) is 11.1. The van der Waals surface area contributed by atoms with E-state index in [1.807, 2.05) is 86.6 Å². The average molecular weight is 578 g/mol. The van der Waals surface area contributed by atoms with Crippen molar-refractivity contribution in [3.8, 4) is 5.75 Å². The standard InChI is InChI=1S/C32H37BrN2O3/c1-23-13-15-26(16-14-23)21-35(31(36)22-38-28-17-18-29(33)24(2)19-28)30(20-25-9-5-3-6-10-25)32(37)34-27-11-7-4-8-12-27/h3,5-6,9-10,13-19,27,30H,4,7-8,11-12,20-22H2,1-2H3,(H,34,37)/t30-/m1/s1. The van der Waals surface area contributed by atoms with Crippen LogP contribution in [0.3, 0.4) is 0 Å². The number of hydrogen-bond donors (Lipinski definition) is 1. The zero-order valence-electron chi connectivity index (χ0n) is 22.3. The highest BCUT2D eigenvalue weighted by Gasteiger charge is 2.32. The van der Waals surface area contributed by atoms with Gasteiger partial charge in [-0.25, -0.2) is 0 Å². The number of nitrogens with zero attached hydrogens (tertiary/aromatic N) is 1. The Balaban J connectivity index is 1.60. The molecule has 0 radical (unpaired) electrons. The van der Waals surface area contributed by atoms with Crippen molar-refractivity contribution >= 4 is 27.7 Å². The summed E-state index contributed by atoms with van der Waals surface area (Å²) in [5, 5.41) is 3.28. The molecule has 1 aliphatic carbocycles. The van der Waals surface area contributed by atoms with Gasteiger partial charge in [0.15, 0.2) is 6.61 Å². The van der Waals surface area contributed by atoms with E-state index in [1.54, 1.807) is 4.90 Å². The van der Waals surface area contributed by atoms with Crippen molar-refractivity contribution in [3.05, 3.63) is 99.5 Å². The van der Waals surface area contributed by atoms with Gasteiger partial charge in [-0.2, -0.15) is 0 Å². The normalized spacial score (nSPS) is 14.5. The summed E-state index contributed by atoms with van der Waals surface area (Å²) < 4.78 is 6.91. The maximum Gasteiger partial charge on any atom is 0.261 e. The first-order chi connectivity index (χ1) is 18.4. The van der Waals surface area contributed by atoms with Gasteiger partial charge in [0, 0.05) is 23.5 Å². The van der Waals surface area contributed by atoms with Gasteiger partial charge in [-0.1, -0.05) is 95.4 Å². The summed E-state index contributed by atoms with van der Waals surface area (Å²) in [5.41, 5.74) is 4.17. The zero-order chi connectivity index (χ0) is 26.9. The number of benzene rings is 3. The van der Waals surface area contributed by atoms with Gasteiger partial charge >= 0.3 is 0 Å². The molecule has 0 aliphatic heterocycles. The molecule has 0 heterocycles. The lowest BCUT2D eigenvalue weighted by Crippen LogP contribution is -2.53. The number of nitrogens with one attached hydrogen (secondary N) is 1. The molecule has 0 aromatic heterocycles. The van der Waals surface area contributed by atoms with E-state index >= 15 is 0 Å². The molecule has 0 unspecified atom stereocenters. The quantitative estimate of drug-likeness (QED) is 0.298. The highest BCUT2D eigenvalue weighted by Crippen LogP contribution is 2.23. The molecule has 3 aromatic rings. The second kappa shape index (κ2) is 13.6. The predicted molar refractivity (Wildman–Crippen MR) is 155 cm³/mol. The van der Waals surface area contributed by atoms with Crippen molar-refractivity contribution in [2.45, 2.75) is 71.0 Å². The fraction of sp³-hybridized carbons (Fsp3) is 0.375. The van der Waals surface area contributed by atoms with Crippen LogP contribution in [-0.2, 0) is 22.6 Å². The van der Waals surface area contributed by atoms with E-state index in [9.17, 15) is 9.59 Å². The van der Waals surface area contributed by atoms with Crippen LogP contribution in [0.15, 0.2) is 77.3 Å². The summed E-state index contributed by atoms with van der Waals surface area (Å²) in [4.78, 5) is 29.3. The van der Waals surface area contributed by atoms with Gasteiger partial charge in [0.25, 0.3) is 5.91 Å². The van der Waals surface area contributed by atoms with E-state index in [2.05, 4.69) is 21.2 Å². The minimum absolute atomic E-state index is 0.0966. The van der Waals surface area contributed by atoms with Crippen molar-refractivity contribution in [2.24, 2.45) is 0 Å². The van der Waals surface area contributed by atoms with E-state index < -0.39 is 6.04 Å². The number of rotatable bonds is 10. The van der Waals surface area contributed by atoms with E-state index in [0.29, 0.717) is 18.7 Å². The summed E-state index contributed by atoms with van der Waals surface area (Å²) in [6.45, 7) is 4.21. The van der Waals surface area contributed by atoms with Gasteiger partial charge in [0.05, 0.1) is 0 Å². The van der Waals surface area contributed by atoms with Crippen molar-refractivity contribution in [2.75, 3.05) is 6.61 Å². The molecular formula is C32H37BrN2O3.